The number of aliphatic hydroxyl groups excluding tert-OH is 1. The standard InChI is InChI=1S/C19H22O/c1-13-6-5-9-18(14(13)2)19(20)17-11-10-15-7-3-4-8-16(15)12-17/h5-6,9-12,19-20H,3-4,7-8H2,1-2H3. The molecule has 3 rings (SSSR count). The predicted octanol–water partition coefficient (Wildman–Crippen LogP) is 4.26. The summed E-state index contributed by atoms with van der Waals surface area (Å²) in [5.41, 5.74) is 7.38. The molecule has 0 aromatic heterocycles. The van der Waals surface area contributed by atoms with Gasteiger partial charge >= 0.3 is 0 Å². The lowest BCUT2D eigenvalue weighted by Gasteiger charge is -2.20. The van der Waals surface area contributed by atoms with Gasteiger partial charge in [-0.05, 0) is 72.9 Å². The van der Waals surface area contributed by atoms with Crippen molar-refractivity contribution in [3.8, 4) is 0 Å². The zero-order valence-corrected chi connectivity index (χ0v) is 12.3. The first-order chi connectivity index (χ1) is 9.66. The molecular formula is C19H22O. The van der Waals surface area contributed by atoms with Crippen LogP contribution in [0.5, 0.6) is 0 Å². The normalized spacial score (nSPS) is 15.8. The Bertz CT molecular complexity index is 628. The molecule has 104 valence electrons. The van der Waals surface area contributed by atoms with Crippen molar-refractivity contribution < 1.29 is 5.11 Å². The molecule has 1 unspecified atom stereocenters. The number of aliphatic hydroxyl groups is 1. The van der Waals surface area contributed by atoms with E-state index >= 15 is 0 Å². The first kappa shape index (κ1) is 13.4. The number of fused-ring (bicyclic) bond motifs is 1. The molecule has 1 aliphatic carbocycles. The van der Waals surface area contributed by atoms with Crippen molar-refractivity contribution in [3.05, 3.63) is 69.8 Å². The second-order valence-corrected chi connectivity index (χ2v) is 5.93. The molecule has 20 heavy (non-hydrogen) atoms. The number of aryl methyl sites for hydroxylation is 3. The molecule has 0 bridgehead atoms. The van der Waals surface area contributed by atoms with Crippen LogP contribution >= 0.6 is 0 Å². The second-order valence-electron chi connectivity index (χ2n) is 5.93. The van der Waals surface area contributed by atoms with Crippen LogP contribution in [0, 0.1) is 13.8 Å². The van der Waals surface area contributed by atoms with Crippen molar-refractivity contribution in [2.75, 3.05) is 0 Å². The van der Waals surface area contributed by atoms with E-state index in [0.717, 1.165) is 17.5 Å². The second kappa shape index (κ2) is 5.41. The van der Waals surface area contributed by atoms with Gasteiger partial charge in [0, 0.05) is 0 Å². The molecule has 1 N–H and O–H groups in total. The van der Waals surface area contributed by atoms with Crippen molar-refractivity contribution in [1.82, 2.24) is 0 Å². The summed E-state index contributed by atoms with van der Waals surface area (Å²) in [4.78, 5) is 0. The van der Waals surface area contributed by atoms with Gasteiger partial charge in [0.15, 0.2) is 0 Å². The minimum absolute atomic E-state index is 0.512. The highest BCUT2D eigenvalue weighted by Crippen LogP contribution is 2.30. The molecule has 1 nitrogen and oxygen atoms in total. The third-order valence-corrected chi connectivity index (χ3v) is 4.63. The first-order valence-electron chi connectivity index (χ1n) is 7.52. The topological polar surface area (TPSA) is 20.2 Å². The zero-order valence-electron chi connectivity index (χ0n) is 12.3. The Morgan fingerprint density at radius 2 is 1.70 bits per heavy atom. The molecule has 2 aromatic carbocycles. The van der Waals surface area contributed by atoms with E-state index in [9.17, 15) is 5.11 Å². The van der Waals surface area contributed by atoms with Crippen molar-refractivity contribution >= 4 is 0 Å². The average molecular weight is 266 g/mol. The highest BCUT2D eigenvalue weighted by atomic mass is 16.3. The van der Waals surface area contributed by atoms with E-state index in [0.29, 0.717) is 0 Å². The zero-order chi connectivity index (χ0) is 14.1. The van der Waals surface area contributed by atoms with Gasteiger partial charge in [-0.2, -0.15) is 0 Å². The Morgan fingerprint density at radius 1 is 0.950 bits per heavy atom. The SMILES string of the molecule is Cc1cccc(C(O)c2ccc3c(c2)CCCC3)c1C. The van der Waals surface area contributed by atoms with Crippen LogP contribution in [0.2, 0.25) is 0 Å². The maximum Gasteiger partial charge on any atom is 0.104 e. The van der Waals surface area contributed by atoms with Crippen LogP contribution in [-0.4, -0.2) is 5.11 Å². The summed E-state index contributed by atoms with van der Waals surface area (Å²) in [5.74, 6) is 0. The maximum atomic E-state index is 10.7. The molecule has 2 aromatic rings. The molecule has 1 heteroatoms. The highest BCUT2D eigenvalue weighted by molar-refractivity contribution is 5.42. The lowest BCUT2D eigenvalue weighted by atomic mass is 9.87. The number of hydrogen-bond acceptors (Lipinski definition) is 1. The molecule has 0 saturated carbocycles. The van der Waals surface area contributed by atoms with Gasteiger partial charge in [-0.15, -0.1) is 0 Å². The minimum atomic E-state index is -0.512. The summed E-state index contributed by atoms with van der Waals surface area (Å²) >= 11 is 0. The molecule has 0 spiro atoms. The fourth-order valence-corrected chi connectivity index (χ4v) is 3.17. The van der Waals surface area contributed by atoms with Gasteiger partial charge < -0.3 is 5.11 Å². The van der Waals surface area contributed by atoms with E-state index in [-0.39, 0.29) is 0 Å². The van der Waals surface area contributed by atoms with Crippen LogP contribution in [0.3, 0.4) is 0 Å². The Morgan fingerprint density at radius 3 is 2.50 bits per heavy atom. The van der Waals surface area contributed by atoms with Crippen LogP contribution in [0.4, 0.5) is 0 Å². The molecule has 0 radical (unpaired) electrons. The molecule has 1 aliphatic rings. The minimum Gasteiger partial charge on any atom is -0.384 e. The quantitative estimate of drug-likeness (QED) is 0.861. The van der Waals surface area contributed by atoms with E-state index in [1.54, 1.807) is 0 Å². The van der Waals surface area contributed by atoms with E-state index in [1.807, 2.05) is 12.1 Å². The Kier molecular flexibility index (Phi) is 3.62. The van der Waals surface area contributed by atoms with E-state index < -0.39 is 6.10 Å². The molecular weight excluding hydrogens is 244 g/mol. The third-order valence-electron chi connectivity index (χ3n) is 4.63. The number of benzene rings is 2. The Labute approximate surface area is 121 Å². The maximum absolute atomic E-state index is 10.7. The van der Waals surface area contributed by atoms with E-state index in [1.165, 1.54) is 41.5 Å². The van der Waals surface area contributed by atoms with Crippen molar-refractivity contribution in [3.63, 3.8) is 0 Å². The van der Waals surface area contributed by atoms with Gasteiger partial charge in [-0.1, -0.05) is 36.4 Å². The molecule has 0 fully saturated rings. The number of hydrogen-bond donors (Lipinski definition) is 1. The van der Waals surface area contributed by atoms with Gasteiger partial charge in [0.2, 0.25) is 0 Å². The van der Waals surface area contributed by atoms with Crippen molar-refractivity contribution in [1.29, 1.82) is 0 Å². The summed E-state index contributed by atoms with van der Waals surface area (Å²) in [7, 11) is 0. The van der Waals surface area contributed by atoms with Crippen LogP contribution in [0.1, 0.15) is 52.3 Å². The fourth-order valence-electron chi connectivity index (χ4n) is 3.17. The predicted molar refractivity (Wildman–Crippen MR) is 83.1 cm³/mol. The molecule has 0 heterocycles. The lowest BCUT2D eigenvalue weighted by molar-refractivity contribution is 0.219. The van der Waals surface area contributed by atoms with E-state index in [4.69, 9.17) is 0 Å². The van der Waals surface area contributed by atoms with Crippen molar-refractivity contribution in [2.45, 2.75) is 45.6 Å². The van der Waals surface area contributed by atoms with Crippen LogP contribution in [-0.2, 0) is 12.8 Å². The highest BCUT2D eigenvalue weighted by Gasteiger charge is 2.16. The number of rotatable bonds is 2. The molecule has 0 amide bonds. The average Bonchev–Trinajstić information content (AvgIpc) is 2.49. The summed E-state index contributed by atoms with van der Waals surface area (Å²) < 4.78 is 0. The van der Waals surface area contributed by atoms with Gasteiger partial charge in [-0.3, -0.25) is 0 Å². The van der Waals surface area contributed by atoms with Crippen molar-refractivity contribution in [2.24, 2.45) is 0 Å². The summed E-state index contributed by atoms with van der Waals surface area (Å²) in [6, 6.07) is 12.7. The Hall–Kier alpha value is -1.60. The smallest absolute Gasteiger partial charge is 0.104 e. The molecule has 0 aliphatic heterocycles. The third kappa shape index (κ3) is 2.38. The largest absolute Gasteiger partial charge is 0.384 e. The van der Waals surface area contributed by atoms with Crippen LogP contribution in [0.25, 0.3) is 0 Å². The first-order valence-corrected chi connectivity index (χ1v) is 7.52. The Balaban J connectivity index is 1.98. The summed E-state index contributed by atoms with van der Waals surface area (Å²) in [5, 5.41) is 10.7. The van der Waals surface area contributed by atoms with Gasteiger partial charge in [0.05, 0.1) is 0 Å². The van der Waals surface area contributed by atoms with E-state index in [2.05, 4.69) is 38.1 Å². The fraction of sp³-hybridized carbons (Fsp3) is 0.368. The lowest BCUT2D eigenvalue weighted by Crippen LogP contribution is -2.07. The molecule has 1 atom stereocenters. The van der Waals surface area contributed by atoms with Crippen LogP contribution < -0.4 is 0 Å². The summed E-state index contributed by atoms with van der Waals surface area (Å²) in [6.07, 6.45) is 4.40. The van der Waals surface area contributed by atoms with Crippen LogP contribution in [0.15, 0.2) is 36.4 Å². The summed E-state index contributed by atoms with van der Waals surface area (Å²) in [6.45, 7) is 4.19. The van der Waals surface area contributed by atoms with Gasteiger partial charge in [0.1, 0.15) is 6.10 Å². The van der Waals surface area contributed by atoms with Gasteiger partial charge in [0.25, 0.3) is 0 Å². The van der Waals surface area contributed by atoms with Gasteiger partial charge in [-0.25, -0.2) is 0 Å². The monoisotopic (exact) mass is 266 g/mol. The molecule has 0 saturated heterocycles.